The van der Waals surface area contributed by atoms with Gasteiger partial charge in [-0.05, 0) is 24.6 Å². The molecule has 2 N–H and O–H groups in total. The van der Waals surface area contributed by atoms with Gasteiger partial charge in [-0.2, -0.15) is 5.10 Å². The van der Waals surface area contributed by atoms with E-state index in [1.807, 2.05) is 25.1 Å². The topological polar surface area (TPSA) is 79.8 Å². The highest BCUT2D eigenvalue weighted by atomic mass is 35.5. The zero-order valence-electron chi connectivity index (χ0n) is 15.2. The number of morpholine rings is 1. The number of H-pyrrole nitrogens is 1. The highest BCUT2D eigenvalue weighted by molar-refractivity contribution is 6.31. The van der Waals surface area contributed by atoms with Gasteiger partial charge in [0.2, 0.25) is 0 Å². The first-order valence-electron chi connectivity index (χ1n) is 8.46. The number of benzene rings is 1. The summed E-state index contributed by atoms with van der Waals surface area (Å²) in [6, 6.07) is 5.60. The van der Waals surface area contributed by atoms with E-state index in [1.165, 1.54) is 0 Å². The number of rotatable bonds is 6. The Morgan fingerprint density at radius 2 is 2.12 bits per heavy atom. The molecule has 2 aromatic rings. The Hall–Kier alpha value is -1.80. The number of aliphatic hydroxyl groups excluding tert-OH is 1. The van der Waals surface area contributed by atoms with Crippen LogP contribution in [-0.2, 0) is 11.3 Å². The second kappa shape index (κ2) is 8.26. The van der Waals surface area contributed by atoms with E-state index in [0.29, 0.717) is 36.2 Å². The first kappa shape index (κ1) is 19.0. The van der Waals surface area contributed by atoms with Crippen molar-refractivity contribution in [3.63, 3.8) is 0 Å². The first-order chi connectivity index (χ1) is 12.6. The quantitative estimate of drug-likeness (QED) is 0.799. The van der Waals surface area contributed by atoms with Crippen molar-refractivity contribution in [2.75, 3.05) is 34.0 Å². The van der Waals surface area contributed by atoms with E-state index < -0.39 is 0 Å². The summed E-state index contributed by atoms with van der Waals surface area (Å²) in [5, 5.41) is 17.7. The van der Waals surface area contributed by atoms with Gasteiger partial charge in [-0.1, -0.05) is 17.7 Å². The monoisotopic (exact) mass is 381 g/mol. The second-order valence-corrected chi connectivity index (χ2v) is 6.61. The summed E-state index contributed by atoms with van der Waals surface area (Å²) in [5.41, 5.74) is 2.61. The van der Waals surface area contributed by atoms with E-state index in [4.69, 9.17) is 25.8 Å². The smallest absolute Gasteiger partial charge is 0.161 e. The summed E-state index contributed by atoms with van der Waals surface area (Å²) in [6.07, 6.45) is -0.347. The van der Waals surface area contributed by atoms with Gasteiger partial charge in [-0.15, -0.1) is 0 Å². The van der Waals surface area contributed by atoms with Crippen LogP contribution in [0.2, 0.25) is 5.02 Å². The average Bonchev–Trinajstić information content (AvgIpc) is 2.99. The molecule has 8 heteroatoms. The van der Waals surface area contributed by atoms with E-state index in [-0.39, 0.29) is 18.8 Å². The molecule has 1 fully saturated rings. The molecule has 2 heterocycles. The average molecular weight is 382 g/mol. The maximum Gasteiger partial charge on any atom is 0.161 e. The lowest BCUT2D eigenvalue weighted by molar-refractivity contribution is -0.0963. The van der Waals surface area contributed by atoms with Crippen LogP contribution in [0, 0.1) is 6.92 Å². The van der Waals surface area contributed by atoms with E-state index in [9.17, 15) is 5.11 Å². The zero-order chi connectivity index (χ0) is 18.7. The number of methoxy groups -OCH3 is 2. The van der Waals surface area contributed by atoms with Crippen LogP contribution in [0.5, 0.6) is 11.5 Å². The van der Waals surface area contributed by atoms with Crippen molar-refractivity contribution in [3.05, 3.63) is 40.2 Å². The molecule has 0 saturated carbocycles. The molecule has 3 rings (SSSR count). The Kier molecular flexibility index (Phi) is 6.03. The number of aryl methyl sites for hydroxylation is 1. The molecule has 0 amide bonds. The molecular weight excluding hydrogens is 358 g/mol. The van der Waals surface area contributed by atoms with Crippen LogP contribution >= 0.6 is 11.6 Å². The Morgan fingerprint density at radius 3 is 2.73 bits per heavy atom. The van der Waals surface area contributed by atoms with E-state index in [1.54, 1.807) is 14.2 Å². The van der Waals surface area contributed by atoms with Crippen LogP contribution in [-0.4, -0.2) is 60.3 Å². The fourth-order valence-corrected chi connectivity index (χ4v) is 3.49. The number of nitrogens with one attached hydrogen (secondary N) is 1. The molecular formula is C18H24ClN3O4. The third-order valence-corrected chi connectivity index (χ3v) is 5.18. The molecule has 1 aliphatic heterocycles. The Balaban J connectivity index is 1.94. The molecule has 26 heavy (non-hydrogen) atoms. The lowest BCUT2D eigenvalue weighted by Crippen LogP contribution is -2.46. The van der Waals surface area contributed by atoms with Crippen LogP contribution in [0.15, 0.2) is 18.2 Å². The minimum absolute atomic E-state index is 0.0805. The summed E-state index contributed by atoms with van der Waals surface area (Å²) < 4.78 is 16.6. The molecule has 0 spiro atoms. The van der Waals surface area contributed by atoms with Crippen molar-refractivity contribution in [3.8, 4) is 11.5 Å². The minimum atomic E-state index is -0.347. The summed E-state index contributed by atoms with van der Waals surface area (Å²) >= 11 is 6.34. The van der Waals surface area contributed by atoms with Crippen LogP contribution < -0.4 is 9.47 Å². The number of nitrogens with zero attached hydrogens (tertiary/aromatic N) is 2. The van der Waals surface area contributed by atoms with Crippen LogP contribution in [0.25, 0.3) is 0 Å². The minimum Gasteiger partial charge on any atom is -0.493 e. The van der Waals surface area contributed by atoms with Crippen LogP contribution in [0.4, 0.5) is 0 Å². The van der Waals surface area contributed by atoms with E-state index in [2.05, 4.69) is 15.1 Å². The SMILES string of the molecule is COc1ccc([C@@H]2[C@@H](CO)OCCN2Cc2n[nH]c(C)c2Cl)cc1OC. The number of ether oxygens (including phenoxy) is 3. The first-order valence-corrected chi connectivity index (χ1v) is 8.84. The van der Waals surface area contributed by atoms with Gasteiger partial charge in [0.15, 0.2) is 11.5 Å². The van der Waals surface area contributed by atoms with E-state index in [0.717, 1.165) is 17.0 Å². The van der Waals surface area contributed by atoms with Gasteiger partial charge < -0.3 is 19.3 Å². The number of aromatic amines is 1. The fraction of sp³-hybridized carbons (Fsp3) is 0.500. The van der Waals surface area contributed by atoms with Crippen molar-refractivity contribution in [2.45, 2.75) is 25.6 Å². The van der Waals surface area contributed by atoms with Gasteiger partial charge in [0.05, 0.1) is 49.9 Å². The standard InChI is InChI=1S/C18H24ClN3O4/c1-11-17(19)13(21-20-11)9-22-6-7-26-16(10-23)18(22)12-4-5-14(24-2)15(8-12)25-3/h4-5,8,16,18,23H,6-7,9-10H2,1-3H3,(H,20,21)/t16-,18-/m1/s1. The van der Waals surface area contributed by atoms with Crippen LogP contribution in [0.3, 0.4) is 0 Å². The number of hydrogen-bond donors (Lipinski definition) is 2. The third kappa shape index (κ3) is 3.66. The Bertz CT molecular complexity index is 752. The predicted octanol–water partition coefficient (Wildman–Crippen LogP) is 2.32. The molecule has 2 atom stereocenters. The molecule has 1 aromatic carbocycles. The highest BCUT2D eigenvalue weighted by Crippen LogP contribution is 2.36. The van der Waals surface area contributed by atoms with Crippen molar-refractivity contribution < 1.29 is 19.3 Å². The largest absolute Gasteiger partial charge is 0.493 e. The molecule has 1 saturated heterocycles. The normalized spacial score (nSPS) is 21.0. The summed E-state index contributed by atoms with van der Waals surface area (Å²) in [5.74, 6) is 1.30. The van der Waals surface area contributed by atoms with Gasteiger partial charge in [-0.3, -0.25) is 10.00 Å². The zero-order valence-corrected chi connectivity index (χ0v) is 15.9. The molecule has 1 aromatic heterocycles. The number of hydrogen-bond acceptors (Lipinski definition) is 6. The van der Waals surface area contributed by atoms with Gasteiger partial charge >= 0.3 is 0 Å². The second-order valence-electron chi connectivity index (χ2n) is 6.23. The lowest BCUT2D eigenvalue weighted by Gasteiger charge is -2.40. The highest BCUT2D eigenvalue weighted by Gasteiger charge is 2.34. The van der Waals surface area contributed by atoms with Gasteiger partial charge in [-0.25, -0.2) is 0 Å². The van der Waals surface area contributed by atoms with Crippen molar-refractivity contribution >= 4 is 11.6 Å². The van der Waals surface area contributed by atoms with Gasteiger partial charge in [0.1, 0.15) is 6.10 Å². The molecule has 142 valence electrons. The molecule has 1 aliphatic rings. The summed E-state index contributed by atoms with van der Waals surface area (Å²) in [6.45, 7) is 3.61. The molecule has 0 radical (unpaired) electrons. The third-order valence-electron chi connectivity index (χ3n) is 4.68. The van der Waals surface area contributed by atoms with Gasteiger partial charge in [0.25, 0.3) is 0 Å². The number of aliphatic hydroxyl groups is 1. The molecule has 0 aliphatic carbocycles. The summed E-state index contributed by atoms with van der Waals surface area (Å²) in [4.78, 5) is 2.22. The number of aromatic nitrogens is 2. The van der Waals surface area contributed by atoms with Crippen molar-refractivity contribution in [2.24, 2.45) is 0 Å². The van der Waals surface area contributed by atoms with Gasteiger partial charge in [0, 0.05) is 13.1 Å². The lowest BCUT2D eigenvalue weighted by atomic mass is 9.97. The maximum absolute atomic E-state index is 9.84. The molecule has 0 unspecified atom stereocenters. The fourth-order valence-electron chi connectivity index (χ4n) is 3.34. The Morgan fingerprint density at radius 1 is 1.35 bits per heavy atom. The van der Waals surface area contributed by atoms with Crippen LogP contribution in [0.1, 0.15) is 23.0 Å². The van der Waals surface area contributed by atoms with Crippen molar-refractivity contribution in [1.82, 2.24) is 15.1 Å². The summed E-state index contributed by atoms with van der Waals surface area (Å²) in [7, 11) is 3.21. The number of halogens is 1. The molecule has 0 bridgehead atoms. The van der Waals surface area contributed by atoms with E-state index >= 15 is 0 Å². The predicted molar refractivity (Wildman–Crippen MR) is 97.9 cm³/mol. The molecule has 7 nitrogen and oxygen atoms in total. The maximum atomic E-state index is 9.84. The Labute approximate surface area is 157 Å². The van der Waals surface area contributed by atoms with Crippen molar-refractivity contribution in [1.29, 1.82) is 0 Å².